The molecule has 0 aliphatic carbocycles. The maximum atomic E-state index is 9.62. The van der Waals surface area contributed by atoms with E-state index in [0.717, 1.165) is 0 Å². The predicted octanol–water partition coefficient (Wildman–Crippen LogP) is 1.65. The Morgan fingerprint density at radius 2 is 2.00 bits per heavy atom. The van der Waals surface area contributed by atoms with Gasteiger partial charge in [-0.15, -0.1) is 0 Å². The van der Waals surface area contributed by atoms with Gasteiger partial charge in [-0.1, -0.05) is 13.8 Å². The zero-order valence-corrected chi connectivity index (χ0v) is 9.27. The van der Waals surface area contributed by atoms with Crippen molar-refractivity contribution in [3.63, 3.8) is 0 Å². The fourth-order valence-corrected chi connectivity index (χ4v) is 0.107. The molecule has 0 saturated heterocycles. The number of urea groups is 1. The van der Waals surface area contributed by atoms with Crippen molar-refractivity contribution in [1.29, 1.82) is 0 Å². The summed E-state index contributed by atoms with van der Waals surface area (Å²) in [4.78, 5) is 9.62. The maximum Gasteiger partial charge on any atom is 0.163 e. The summed E-state index contributed by atoms with van der Waals surface area (Å²) in [6.07, 6.45) is 2.27. The minimum Gasteiger partial charge on any atom is -0.486 e. The Morgan fingerprint density at radius 3 is 2.10 bits per heavy atom. The first-order valence-electron chi connectivity index (χ1n) is 2.65. The van der Waals surface area contributed by atoms with Crippen LogP contribution in [0.25, 0.3) is 5.73 Å². The van der Waals surface area contributed by atoms with Crippen molar-refractivity contribution in [2.75, 3.05) is 0 Å². The third kappa shape index (κ3) is 24.4. The van der Waals surface area contributed by atoms with Crippen LogP contribution in [0.3, 0.4) is 0 Å². The van der Waals surface area contributed by atoms with Crippen molar-refractivity contribution < 1.29 is 37.5 Å². The second-order valence-corrected chi connectivity index (χ2v) is 0.776. The average Bonchev–Trinajstić information content (AvgIpc) is 1.88. The zero-order chi connectivity index (χ0) is 7.70. The van der Waals surface area contributed by atoms with E-state index in [1.54, 1.807) is 0 Å². The van der Waals surface area contributed by atoms with Crippen LogP contribution >= 0.6 is 0 Å². The Labute approximate surface area is 86.5 Å². The monoisotopic (exact) mass is 218 g/mol. The number of nitrogens with one attached hydrogen (secondary N) is 2. The van der Waals surface area contributed by atoms with Gasteiger partial charge in [-0.05, 0) is 0 Å². The smallest absolute Gasteiger partial charge is 0.163 e. The van der Waals surface area contributed by atoms with E-state index in [2.05, 4.69) is 11.3 Å². The summed E-state index contributed by atoms with van der Waals surface area (Å²) in [5.41, 5.74) is 8.03. The normalized spacial score (nSPS) is 7.10. The molecule has 1 radical (unpaired) electrons. The molecule has 5 heteroatoms. The number of hydrogen-bond acceptors (Lipinski definition) is 2. The number of rotatable bonds is 1. The van der Waals surface area contributed by atoms with Gasteiger partial charge < -0.3 is 22.5 Å². The molecule has 0 heterocycles. The molecule has 0 rings (SSSR count). The van der Waals surface area contributed by atoms with Gasteiger partial charge in [0.1, 0.15) is 0 Å². The molecule has 0 saturated carbocycles. The molecule has 0 aliphatic heterocycles. The summed E-state index contributed by atoms with van der Waals surface area (Å²) in [6, 6.07) is -0.922. The number of hydrogen-bond donors (Lipinski definition) is 1. The quantitative estimate of drug-likeness (QED) is 0.406. The summed E-state index contributed by atoms with van der Waals surface area (Å²) >= 11 is 0. The van der Waals surface area contributed by atoms with Gasteiger partial charge in [0.15, 0.2) is 6.03 Å². The molecule has 2 N–H and O–H groups in total. The van der Waals surface area contributed by atoms with Gasteiger partial charge in [-0.2, -0.15) is 6.92 Å². The van der Waals surface area contributed by atoms with Crippen LogP contribution in [-0.4, -0.2) is 12.2 Å². The van der Waals surface area contributed by atoms with Gasteiger partial charge in [0.25, 0.3) is 0 Å². The maximum absolute atomic E-state index is 9.62. The Bertz CT molecular complexity index is 94.9. The molecule has 0 spiro atoms. The minimum atomic E-state index is -0.922. The molecule has 0 aliphatic rings. The molecule has 0 atom stereocenters. The van der Waals surface area contributed by atoms with Crippen LogP contribution in [0.5, 0.6) is 0 Å². The van der Waals surface area contributed by atoms with Gasteiger partial charge >= 0.3 is 0 Å². The van der Waals surface area contributed by atoms with E-state index in [4.69, 9.17) is 5.73 Å². The fraction of sp³-hybridized carbons (Fsp3) is 0.600. The molecule has 0 fully saturated rings. The van der Waals surface area contributed by atoms with E-state index in [1.165, 1.54) is 6.92 Å². The van der Waals surface area contributed by atoms with Crippen molar-refractivity contribution in [1.82, 2.24) is 5.43 Å². The Balaban J connectivity index is -0.000000149. The third-order valence-electron chi connectivity index (χ3n) is 0.269. The standard InChI is InChI=1S/C3H6N3O.C2H6.Y/c1-2-5-6-3(4)7;1-2;/h1H3,(H3,4,6,7);1-2H3;/q-1;;/p-1. The average molecular weight is 218 g/mol. The van der Waals surface area contributed by atoms with Crippen LogP contribution in [-0.2, 0) is 32.7 Å². The van der Waals surface area contributed by atoms with Crippen molar-refractivity contribution in [2.45, 2.75) is 20.8 Å². The van der Waals surface area contributed by atoms with Crippen LogP contribution in [0, 0.1) is 0 Å². The van der Waals surface area contributed by atoms with Gasteiger partial charge in [0, 0.05) is 32.7 Å². The Kier molecular flexibility index (Phi) is 26.5. The molecule has 4 nitrogen and oxygen atoms in total. The van der Waals surface area contributed by atoms with E-state index < -0.39 is 6.03 Å². The summed E-state index contributed by atoms with van der Waals surface area (Å²) in [7, 11) is 0. The Hall–Kier alpha value is 0.0439. The molecule has 0 bridgehead atoms. The van der Waals surface area contributed by atoms with E-state index in [1.807, 2.05) is 19.3 Å². The molecule has 0 unspecified atom stereocenters. The summed E-state index contributed by atoms with van der Waals surface area (Å²) in [5.74, 6) is 0. The molecule has 0 aromatic rings. The molecular formula is C5H11N3OY-2. The van der Waals surface area contributed by atoms with E-state index >= 15 is 0 Å². The van der Waals surface area contributed by atoms with Gasteiger partial charge in [0.05, 0.1) is 0 Å². The first-order valence-corrected chi connectivity index (χ1v) is 2.65. The van der Waals surface area contributed by atoms with E-state index in [0.29, 0.717) is 0 Å². The zero-order valence-electron chi connectivity index (χ0n) is 6.43. The molecular weight excluding hydrogens is 207 g/mol. The summed E-state index contributed by atoms with van der Waals surface area (Å²) in [6.45, 7) is 5.52. The number of hydrazone groups is 1. The molecule has 0 aromatic heterocycles. The topological polar surface area (TPSA) is 65.3 Å². The summed E-state index contributed by atoms with van der Waals surface area (Å²) in [5, 5.41) is 3.13. The SMILES string of the molecule is CC.C[C-]=NNC([NH-])=O.[Y]. The van der Waals surface area contributed by atoms with Gasteiger partial charge in [-0.25, -0.2) is 0 Å². The predicted molar refractivity (Wildman–Crippen MR) is 37.3 cm³/mol. The van der Waals surface area contributed by atoms with E-state index in [-0.39, 0.29) is 32.7 Å². The minimum absolute atomic E-state index is 0. The number of amides is 2. The van der Waals surface area contributed by atoms with Crippen LogP contribution in [0.1, 0.15) is 20.8 Å². The molecule has 10 heavy (non-hydrogen) atoms. The fourth-order valence-electron chi connectivity index (χ4n) is 0.107. The molecule has 0 aromatic carbocycles. The van der Waals surface area contributed by atoms with Crippen molar-refractivity contribution >= 4 is 12.2 Å². The van der Waals surface area contributed by atoms with Crippen LogP contribution in [0.15, 0.2) is 5.10 Å². The first-order chi connectivity index (χ1) is 4.27. The number of nitrogens with zero attached hydrogens (tertiary/aromatic N) is 1. The van der Waals surface area contributed by atoms with Gasteiger partial charge in [-0.3, -0.25) is 4.79 Å². The Morgan fingerprint density at radius 1 is 1.60 bits per heavy atom. The van der Waals surface area contributed by atoms with Crippen LogP contribution in [0.2, 0.25) is 0 Å². The number of carbonyl (C=O) groups excluding carboxylic acids is 1. The summed E-state index contributed by atoms with van der Waals surface area (Å²) < 4.78 is 0. The van der Waals surface area contributed by atoms with Crippen molar-refractivity contribution in [3.05, 3.63) is 5.73 Å². The third-order valence-corrected chi connectivity index (χ3v) is 0.269. The molecule has 57 valence electrons. The largest absolute Gasteiger partial charge is 0.486 e. The first kappa shape index (κ1) is 16.6. The van der Waals surface area contributed by atoms with Crippen LogP contribution in [0.4, 0.5) is 4.79 Å². The van der Waals surface area contributed by atoms with Crippen molar-refractivity contribution in [3.8, 4) is 0 Å². The second-order valence-electron chi connectivity index (χ2n) is 0.776. The van der Waals surface area contributed by atoms with E-state index in [9.17, 15) is 4.79 Å². The van der Waals surface area contributed by atoms with Gasteiger partial charge in [0.2, 0.25) is 0 Å². The molecule has 2 amide bonds. The van der Waals surface area contributed by atoms with Crippen LogP contribution < -0.4 is 5.43 Å². The second kappa shape index (κ2) is 16.0. The number of carbonyl (C=O) groups is 1. The van der Waals surface area contributed by atoms with Crippen molar-refractivity contribution in [2.24, 2.45) is 5.10 Å².